The summed E-state index contributed by atoms with van der Waals surface area (Å²) >= 11 is 0. The van der Waals surface area contributed by atoms with Gasteiger partial charge in [0.15, 0.2) is 0 Å². The van der Waals surface area contributed by atoms with Crippen molar-refractivity contribution in [3.8, 4) is 0 Å². The van der Waals surface area contributed by atoms with Crippen LogP contribution < -0.4 is 5.73 Å². The van der Waals surface area contributed by atoms with Crippen molar-refractivity contribution in [2.24, 2.45) is 5.73 Å². The van der Waals surface area contributed by atoms with Gasteiger partial charge >= 0.3 is 0 Å². The summed E-state index contributed by atoms with van der Waals surface area (Å²) in [6, 6.07) is 1.92. The van der Waals surface area contributed by atoms with Crippen molar-refractivity contribution in [2.75, 3.05) is 40.4 Å². The second-order valence-electron chi connectivity index (χ2n) is 5.77. The zero-order chi connectivity index (χ0) is 12.3. The SMILES string of the molecule is CN(C)CCOCCN1C2CCC1CC(N)C2. The highest BCUT2D eigenvalue weighted by Gasteiger charge is 2.38. The minimum absolute atomic E-state index is 0.443. The molecule has 0 aromatic rings. The molecule has 2 aliphatic rings. The molecule has 4 nitrogen and oxygen atoms in total. The summed E-state index contributed by atoms with van der Waals surface area (Å²) < 4.78 is 5.68. The Morgan fingerprint density at radius 3 is 2.41 bits per heavy atom. The first-order valence-corrected chi connectivity index (χ1v) is 6.90. The fourth-order valence-electron chi connectivity index (χ4n) is 3.20. The molecule has 2 bridgehead atoms. The molecule has 0 saturated carbocycles. The molecule has 0 amide bonds. The van der Waals surface area contributed by atoms with E-state index in [-0.39, 0.29) is 0 Å². The molecule has 2 fully saturated rings. The molecule has 2 aliphatic heterocycles. The molecule has 0 aromatic carbocycles. The van der Waals surface area contributed by atoms with E-state index in [2.05, 4.69) is 23.9 Å². The van der Waals surface area contributed by atoms with E-state index in [0.717, 1.165) is 38.4 Å². The monoisotopic (exact) mass is 241 g/mol. The number of fused-ring (bicyclic) bond motifs is 2. The van der Waals surface area contributed by atoms with Gasteiger partial charge < -0.3 is 15.4 Å². The van der Waals surface area contributed by atoms with Crippen molar-refractivity contribution in [2.45, 2.75) is 43.8 Å². The summed E-state index contributed by atoms with van der Waals surface area (Å²) in [4.78, 5) is 4.79. The highest BCUT2D eigenvalue weighted by Crippen LogP contribution is 2.34. The van der Waals surface area contributed by atoms with Crippen LogP contribution in [0.5, 0.6) is 0 Å². The van der Waals surface area contributed by atoms with Gasteiger partial charge in [-0.25, -0.2) is 0 Å². The van der Waals surface area contributed by atoms with E-state index in [9.17, 15) is 0 Å². The molecule has 0 aliphatic carbocycles. The van der Waals surface area contributed by atoms with Gasteiger partial charge in [0.25, 0.3) is 0 Å². The lowest BCUT2D eigenvalue weighted by Crippen LogP contribution is -2.48. The van der Waals surface area contributed by atoms with E-state index in [0.29, 0.717) is 6.04 Å². The lowest BCUT2D eigenvalue weighted by atomic mass is 9.98. The molecule has 2 heterocycles. The molecule has 2 atom stereocenters. The lowest BCUT2D eigenvalue weighted by molar-refractivity contribution is 0.0577. The molecule has 2 rings (SSSR count). The van der Waals surface area contributed by atoms with Crippen LogP contribution >= 0.6 is 0 Å². The predicted octanol–water partition coefficient (Wildman–Crippen LogP) is 0.519. The molecule has 2 saturated heterocycles. The van der Waals surface area contributed by atoms with Gasteiger partial charge in [-0.2, -0.15) is 0 Å². The number of hydrogen-bond acceptors (Lipinski definition) is 4. The molecular weight excluding hydrogens is 214 g/mol. The maximum absolute atomic E-state index is 6.06. The van der Waals surface area contributed by atoms with E-state index in [1.807, 2.05) is 0 Å². The standard InChI is InChI=1S/C13H27N3O/c1-15(2)5-7-17-8-6-16-12-3-4-13(16)10-11(14)9-12/h11-13H,3-10,14H2,1-2H3. The Balaban J connectivity index is 1.63. The number of ether oxygens (including phenoxy) is 1. The van der Waals surface area contributed by atoms with Crippen molar-refractivity contribution in [3.63, 3.8) is 0 Å². The summed E-state index contributed by atoms with van der Waals surface area (Å²) in [6.07, 6.45) is 5.06. The highest BCUT2D eigenvalue weighted by atomic mass is 16.5. The molecule has 0 aromatic heterocycles. The van der Waals surface area contributed by atoms with Gasteiger partial charge in [-0.1, -0.05) is 0 Å². The fourth-order valence-corrected chi connectivity index (χ4v) is 3.20. The molecule has 0 radical (unpaired) electrons. The third kappa shape index (κ3) is 3.65. The van der Waals surface area contributed by atoms with Crippen LogP contribution in [0.2, 0.25) is 0 Å². The first kappa shape index (κ1) is 13.3. The lowest BCUT2D eigenvalue weighted by Gasteiger charge is -2.37. The fraction of sp³-hybridized carbons (Fsp3) is 1.00. The number of hydrogen-bond donors (Lipinski definition) is 1. The van der Waals surface area contributed by atoms with Crippen LogP contribution in [-0.2, 0) is 4.74 Å². The van der Waals surface area contributed by atoms with E-state index in [1.54, 1.807) is 0 Å². The summed E-state index contributed by atoms with van der Waals surface area (Å²) in [6.45, 7) is 3.82. The Labute approximate surface area is 105 Å². The highest BCUT2D eigenvalue weighted by molar-refractivity contribution is 4.96. The van der Waals surface area contributed by atoms with Crippen LogP contribution in [0.25, 0.3) is 0 Å². The van der Waals surface area contributed by atoms with E-state index >= 15 is 0 Å². The number of nitrogens with two attached hydrogens (primary N) is 1. The van der Waals surface area contributed by atoms with Crippen molar-refractivity contribution in [1.29, 1.82) is 0 Å². The van der Waals surface area contributed by atoms with E-state index in [1.165, 1.54) is 25.7 Å². The van der Waals surface area contributed by atoms with Crippen LogP contribution in [0, 0.1) is 0 Å². The summed E-state index contributed by atoms with van der Waals surface area (Å²) in [5, 5.41) is 0. The average Bonchev–Trinajstić information content (AvgIpc) is 2.51. The molecule has 17 heavy (non-hydrogen) atoms. The van der Waals surface area contributed by atoms with Gasteiger partial charge in [-0.05, 0) is 39.8 Å². The van der Waals surface area contributed by atoms with Gasteiger partial charge in [0.2, 0.25) is 0 Å². The largest absolute Gasteiger partial charge is 0.379 e. The van der Waals surface area contributed by atoms with Crippen LogP contribution in [0.15, 0.2) is 0 Å². The Morgan fingerprint density at radius 1 is 1.18 bits per heavy atom. The zero-order valence-electron chi connectivity index (χ0n) is 11.3. The topological polar surface area (TPSA) is 41.7 Å². The molecule has 2 N–H and O–H groups in total. The van der Waals surface area contributed by atoms with Crippen LogP contribution in [-0.4, -0.2) is 68.3 Å². The summed E-state index contributed by atoms with van der Waals surface area (Å²) in [7, 11) is 4.16. The third-order valence-electron chi connectivity index (χ3n) is 4.10. The van der Waals surface area contributed by atoms with E-state index in [4.69, 9.17) is 10.5 Å². The quantitative estimate of drug-likeness (QED) is 0.688. The maximum atomic E-state index is 6.06. The minimum Gasteiger partial charge on any atom is -0.379 e. The molecule has 2 unspecified atom stereocenters. The number of likely N-dealkylation sites (N-methyl/N-ethyl adjacent to an activating group) is 1. The van der Waals surface area contributed by atoms with Gasteiger partial charge in [0, 0.05) is 31.2 Å². The van der Waals surface area contributed by atoms with Crippen LogP contribution in [0.4, 0.5) is 0 Å². The Bertz CT molecular complexity index is 221. The second kappa shape index (κ2) is 6.14. The minimum atomic E-state index is 0.443. The zero-order valence-corrected chi connectivity index (χ0v) is 11.3. The van der Waals surface area contributed by atoms with Crippen LogP contribution in [0.1, 0.15) is 25.7 Å². The number of rotatable bonds is 6. The maximum Gasteiger partial charge on any atom is 0.0594 e. The smallest absolute Gasteiger partial charge is 0.0594 e. The van der Waals surface area contributed by atoms with E-state index < -0.39 is 0 Å². The van der Waals surface area contributed by atoms with Crippen molar-refractivity contribution in [1.82, 2.24) is 9.80 Å². The average molecular weight is 241 g/mol. The Hall–Kier alpha value is -0.160. The first-order chi connectivity index (χ1) is 8.16. The van der Waals surface area contributed by atoms with Crippen molar-refractivity contribution in [3.05, 3.63) is 0 Å². The number of nitrogens with zero attached hydrogens (tertiary/aromatic N) is 2. The van der Waals surface area contributed by atoms with Crippen LogP contribution in [0.3, 0.4) is 0 Å². The second-order valence-corrected chi connectivity index (χ2v) is 5.77. The Morgan fingerprint density at radius 2 is 1.82 bits per heavy atom. The normalized spacial score (nSPS) is 33.5. The van der Waals surface area contributed by atoms with Gasteiger partial charge in [0.1, 0.15) is 0 Å². The third-order valence-corrected chi connectivity index (χ3v) is 4.10. The van der Waals surface area contributed by atoms with Gasteiger partial charge in [-0.15, -0.1) is 0 Å². The number of piperidine rings is 1. The Kier molecular flexibility index (Phi) is 4.79. The molecule has 100 valence electrons. The first-order valence-electron chi connectivity index (χ1n) is 6.90. The molecule has 0 spiro atoms. The van der Waals surface area contributed by atoms with Gasteiger partial charge in [-0.3, -0.25) is 4.90 Å². The van der Waals surface area contributed by atoms with Crippen molar-refractivity contribution < 1.29 is 4.74 Å². The van der Waals surface area contributed by atoms with Crippen molar-refractivity contribution >= 4 is 0 Å². The van der Waals surface area contributed by atoms with Gasteiger partial charge in [0.05, 0.1) is 13.2 Å². The molecular formula is C13H27N3O. The predicted molar refractivity (Wildman–Crippen MR) is 70.1 cm³/mol. The molecule has 4 heteroatoms. The summed E-state index contributed by atoms with van der Waals surface area (Å²) in [5.74, 6) is 0. The summed E-state index contributed by atoms with van der Waals surface area (Å²) in [5.41, 5.74) is 6.06.